The third kappa shape index (κ3) is 2.92. The zero-order chi connectivity index (χ0) is 13.2. The van der Waals surface area contributed by atoms with Crippen LogP contribution in [0.1, 0.15) is 52.0 Å². The molecule has 1 aliphatic rings. The van der Waals surface area contributed by atoms with E-state index in [0.717, 1.165) is 24.8 Å². The van der Waals surface area contributed by atoms with Crippen molar-refractivity contribution in [2.75, 3.05) is 5.73 Å². The van der Waals surface area contributed by atoms with Crippen LogP contribution in [-0.2, 0) is 6.42 Å². The highest BCUT2D eigenvalue weighted by Crippen LogP contribution is 2.36. The highest BCUT2D eigenvalue weighted by atomic mass is 16.5. The van der Waals surface area contributed by atoms with Crippen molar-refractivity contribution in [2.24, 2.45) is 5.41 Å². The van der Waals surface area contributed by atoms with E-state index in [9.17, 15) is 0 Å². The molecule has 0 amide bonds. The molecule has 1 fully saturated rings. The molecule has 0 unspecified atom stereocenters. The maximum atomic E-state index is 6.02. The van der Waals surface area contributed by atoms with E-state index >= 15 is 0 Å². The molecule has 0 spiro atoms. The normalized spacial score (nSPS) is 19.7. The fourth-order valence-electron chi connectivity index (χ4n) is 2.49. The lowest BCUT2D eigenvalue weighted by Gasteiger charge is -2.34. The summed E-state index contributed by atoms with van der Waals surface area (Å²) >= 11 is 0. The quantitative estimate of drug-likeness (QED) is 0.894. The van der Waals surface area contributed by atoms with E-state index in [0.29, 0.717) is 17.1 Å². The first-order valence-electron chi connectivity index (χ1n) is 6.78. The van der Waals surface area contributed by atoms with Gasteiger partial charge in [0.25, 0.3) is 0 Å². The van der Waals surface area contributed by atoms with Crippen LogP contribution in [0, 0.1) is 5.41 Å². The van der Waals surface area contributed by atoms with Gasteiger partial charge in [0, 0.05) is 0 Å². The number of rotatable bonds is 3. The van der Waals surface area contributed by atoms with E-state index in [2.05, 4.69) is 23.8 Å². The van der Waals surface area contributed by atoms with Gasteiger partial charge in [0.1, 0.15) is 18.2 Å². The molecule has 1 heterocycles. The first-order valence-corrected chi connectivity index (χ1v) is 6.78. The van der Waals surface area contributed by atoms with Gasteiger partial charge in [-0.2, -0.15) is 0 Å². The molecule has 2 rings (SSSR count). The molecule has 0 radical (unpaired) electrons. The van der Waals surface area contributed by atoms with E-state index in [-0.39, 0.29) is 6.10 Å². The van der Waals surface area contributed by atoms with Crippen molar-refractivity contribution in [2.45, 2.75) is 59.0 Å². The lowest BCUT2D eigenvalue weighted by molar-refractivity contribution is 0.0940. The second-order valence-electron chi connectivity index (χ2n) is 5.88. The minimum absolute atomic E-state index is 0.276. The molecule has 0 saturated heterocycles. The minimum Gasteiger partial charge on any atom is -0.474 e. The predicted octanol–water partition coefficient (Wildman–Crippen LogP) is 2.97. The lowest BCUT2D eigenvalue weighted by atomic mass is 9.76. The van der Waals surface area contributed by atoms with Crippen LogP contribution in [0.2, 0.25) is 0 Å². The minimum atomic E-state index is 0.276. The molecule has 2 N–H and O–H groups in total. The Bertz CT molecular complexity index is 408. The van der Waals surface area contributed by atoms with Gasteiger partial charge in [-0.1, -0.05) is 20.8 Å². The van der Waals surface area contributed by atoms with Gasteiger partial charge < -0.3 is 10.5 Å². The van der Waals surface area contributed by atoms with Crippen LogP contribution >= 0.6 is 0 Å². The van der Waals surface area contributed by atoms with Crippen LogP contribution in [0.15, 0.2) is 6.33 Å². The standard InChI is InChI=1S/C14H23N3O/c1-4-11-12(15)16-9-17-13(11)18-10-5-7-14(2,3)8-6-10/h9-10H,4-8H2,1-3H3,(H2,15,16,17). The van der Waals surface area contributed by atoms with Gasteiger partial charge in [-0.15, -0.1) is 0 Å². The summed E-state index contributed by atoms with van der Waals surface area (Å²) in [6.07, 6.45) is 7.17. The summed E-state index contributed by atoms with van der Waals surface area (Å²) in [6, 6.07) is 0. The summed E-state index contributed by atoms with van der Waals surface area (Å²) in [5.41, 5.74) is 7.24. The van der Waals surface area contributed by atoms with E-state index in [1.807, 2.05) is 6.92 Å². The van der Waals surface area contributed by atoms with Crippen molar-refractivity contribution in [3.8, 4) is 5.88 Å². The van der Waals surface area contributed by atoms with Crippen LogP contribution in [0.25, 0.3) is 0 Å². The molecule has 0 bridgehead atoms. The third-order valence-corrected chi connectivity index (χ3v) is 3.86. The maximum absolute atomic E-state index is 6.02. The van der Waals surface area contributed by atoms with E-state index in [1.54, 1.807) is 0 Å². The predicted molar refractivity (Wildman–Crippen MR) is 72.5 cm³/mol. The van der Waals surface area contributed by atoms with Crippen LogP contribution in [0.4, 0.5) is 5.82 Å². The topological polar surface area (TPSA) is 61.0 Å². The Hall–Kier alpha value is -1.32. The average Bonchev–Trinajstić information content (AvgIpc) is 2.32. The Morgan fingerprint density at radius 3 is 2.61 bits per heavy atom. The second kappa shape index (κ2) is 5.12. The Morgan fingerprint density at radius 2 is 2.00 bits per heavy atom. The Balaban J connectivity index is 2.04. The smallest absolute Gasteiger partial charge is 0.222 e. The van der Waals surface area contributed by atoms with Crippen LogP contribution in [-0.4, -0.2) is 16.1 Å². The van der Waals surface area contributed by atoms with E-state index in [1.165, 1.54) is 19.2 Å². The number of hydrogen-bond acceptors (Lipinski definition) is 4. The molecule has 0 aliphatic heterocycles. The van der Waals surface area contributed by atoms with Gasteiger partial charge in [-0.3, -0.25) is 0 Å². The lowest BCUT2D eigenvalue weighted by Crippen LogP contribution is -2.29. The van der Waals surface area contributed by atoms with Crippen molar-refractivity contribution in [1.29, 1.82) is 0 Å². The van der Waals surface area contributed by atoms with Crippen LogP contribution in [0.5, 0.6) is 5.88 Å². The van der Waals surface area contributed by atoms with Gasteiger partial charge >= 0.3 is 0 Å². The number of hydrogen-bond donors (Lipinski definition) is 1. The van der Waals surface area contributed by atoms with Crippen LogP contribution < -0.4 is 10.5 Å². The number of nitrogen functional groups attached to an aromatic ring is 1. The molecule has 100 valence electrons. The second-order valence-corrected chi connectivity index (χ2v) is 5.88. The monoisotopic (exact) mass is 249 g/mol. The molecule has 0 atom stereocenters. The SMILES string of the molecule is CCc1c(N)ncnc1OC1CCC(C)(C)CC1. The Labute approximate surface area is 109 Å². The summed E-state index contributed by atoms with van der Waals surface area (Å²) in [6.45, 7) is 6.69. The summed E-state index contributed by atoms with van der Waals surface area (Å²) in [5, 5.41) is 0. The number of nitrogens with two attached hydrogens (primary N) is 1. The Morgan fingerprint density at radius 1 is 1.33 bits per heavy atom. The van der Waals surface area contributed by atoms with Gasteiger partial charge in [-0.25, -0.2) is 9.97 Å². The molecule has 1 aromatic heterocycles. The third-order valence-electron chi connectivity index (χ3n) is 3.86. The average molecular weight is 249 g/mol. The van der Waals surface area contributed by atoms with Gasteiger partial charge in [-0.05, 0) is 37.5 Å². The molecule has 0 aromatic carbocycles. The van der Waals surface area contributed by atoms with Crippen molar-refractivity contribution < 1.29 is 4.74 Å². The Kier molecular flexibility index (Phi) is 3.73. The zero-order valence-corrected chi connectivity index (χ0v) is 11.6. The summed E-state index contributed by atoms with van der Waals surface area (Å²) < 4.78 is 6.02. The number of ether oxygens (including phenoxy) is 1. The van der Waals surface area contributed by atoms with Crippen molar-refractivity contribution in [1.82, 2.24) is 9.97 Å². The molecule has 1 aliphatic carbocycles. The molecule has 4 nitrogen and oxygen atoms in total. The van der Waals surface area contributed by atoms with Crippen molar-refractivity contribution in [3.05, 3.63) is 11.9 Å². The van der Waals surface area contributed by atoms with Gasteiger partial charge in [0.2, 0.25) is 5.88 Å². The molecule has 18 heavy (non-hydrogen) atoms. The highest BCUT2D eigenvalue weighted by molar-refractivity contribution is 5.44. The van der Waals surface area contributed by atoms with Crippen molar-refractivity contribution >= 4 is 5.82 Å². The molecular formula is C14H23N3O. The van der Waals surface area contributed by atoms with Crippen LogP contribution in [0.3, 0.4) is 0 Å². The first kappa shape index (κ1) is 13.1. The molecule has 1 aromatic rings. The van der Waals surface area contributed by atoms with E-state index in [4.69, 9.17) is 10.5 Å². The number of anilines is 1. The molecular weight excluding hydrogens is 226 g/mol. The zero-order valence-electron chi connectivity index (χ0n) is 11.6. The van der Waals surface area contributed by atoms with Crippen molar-refractivity contribution in [3.63, 3.8) is 0 Å². The molecule has 1 saturated carbocycles. The fourth-order valence-corrected chi connectivity index (χ4v) is 2.49. The number of nitrogens with zero attached hydrogens (tertiary/aromatic N) is 2. The highest BCUT2D eigenvalue weighted by Gasteiger charge is 2.28. The van der Waals surface area contributed by atoms with Gasteiger partial charge in [0.05, 0.1) is 5.56 Å². The van der Waals surface area contributed by atoms with E-state index < -0.39 is 0 Å². The summed E-state index contributed by atoms with van der Waals surface area (Å²) in [7, 11) is 0. The maximum Gasteiger partial charge on any atom is 0.222 e. The van der Waals surface area contributed by atoms with Gasteiger partial charge in [0.15, 0.2) is 0 Å². The largest absolute Gasteiger partial charge is 0.474 e. The fraction of sp³-hybridized carbons (Fsp3) is 0.714. The molecule has 4 heteroatoms. The first-order chi connectivity index (χ1) is 8.52. The summed E-state index contributed by atoms with van der Waals surface area (Å²) in [4.78, 5) is 8.24. The summed E-state index contributed by atoms with van der Waals surface area (Å²) in [5.74, 6) is 1.22. The number of aromatic nitrogens is 2.